The first kappa shape index (κ1) is 17.0. The molecular formula is C22H25NO3. The summed E-state index contributed by atoms with van der Waals surface area (Å²) in [6.45, 7) is 1.17. The molecule has 4 nitrogen and oxygen atoms in total. The number of hydrogen-bond acceptors (Lipinski definition) is 3. The molecule has 1 unspecified atom stereocenters. The molecule has 2 heterocycles. The van der Waals surface area contributed by atoms with Crippen LogP contribution in [0.15, 0.2) is 48.5 Å². The number of ether oxygens (including phenoxy) is 2. The molecule has 2 aromatic carbocycles. The van der Waals surface area contributed by atoms with Gasteiger partial charge in [-0.15, -0.1) is 0 Å². The summed E-state index contributed by atoms with van der Waals surface area (Å²) in [5.41, 5.74) is 2.41. The van der Waals surface area contributed by atoms with Crippen LogP contribution in [0.5, 0.6) is 11.5 Å². The van der Waals surface area contributed by atoms with E-state index in [0.29, 0.717) is 18.9 Å². The van der Waals surface area contributed by atoms with Crippen LogP contribution in [-0.2, 0) is 17.6 Å². The minimum absolute atomic E-state index is 0.261. The van der Waals surface area contributed by atoms with Crippen molar-refractivity contribution in [1.82, 2.24) is 4.90 Å². The maximum atomic E-state index is 12.8. The number of benzene rings is 2. The Kier molecular flexibility index (Phi) is 5.09. The van der Waals surface area contributed by atoms with Crippen LogP contribution in [0.2, 0.25) is 0 Å². The van der Waals surface area contributed by atoms with Crippen LogP contribution in [0.1, 0.15) is 36.8 Å². The summed E-state index contributed by atoms with van der Waals surface area (Å²) >= 11 is 0. The van der Waals surface area contributed by atoms with Crippen molar-refractivity contribution in [2.24, 2.45) is 0 Å². The van der Waals surface area contributed by atoms with Crippen molar-refractivity contribution in [3.63, 3.8) is 0 Å². The predicted octanol–water partition coefficient (Wildman–Crippen LogP) is 3.97. The summed E-state index contributed by atoms with van der Waals surface area (Å²) in [4.78, 5) is 14.9. The average Bonchev–Trinajstić information content (AvgIpc) is 3.34. The zero-order chi connectivity index (χ0) is 17.8. The largest absolute Gasteiger partial charge is 0.454 e. The second-order valence-electron chi connectivity index (χ2n) is 7.06. The number of fused-ring (bicyclic) bond motifs is 1. The van der Waals surface area contributed by atoms with Gasteiger partial charge in [0.1, 0.15) is 0 Å². The van der Waals surface area contributed by atoms with Gasteiger partial charge in [0.15, 0.2) is 11.5 Å². The molecule has 26 heavy (non-hydrogen) atoms. The van der Waals surface area contributed by atoms with Crippen molar-refractivity contribution in [1.29, 1.82) is 0 Å². The van der Waals surface area contributed by atoms with E-state index in [1.165, 1.54) is 5.56 Å². The number of aryl methyl sites for hydroxylation is 2. The highest BCUT2D eigenvalue weighted by Crippen LogP contribution is 2.36. The highest BCUT2D eigenvalue weighted by molar-refractivity contribution is 5.77. The lowest BCUT2D eigenvalue weighted by Gasteiger charge is -2.25. The van der Waals surface area contributed by atoms with E-state index in [9.17, 15) is 4.79 Å². The highest BCUT2D eigenvalue weighted by Gasteiger charge is 2.28. The van der Waals surface area contributed by atoms with E-state index in [1.807, 2.05) is 24.3 Å². The van der Waals surface area contributed by atoms with E-state index in [-0.39, 0.29) is 12.7 Å². The first-order chi connectivity index (χ1) is 12.8. The van der Waals surface area contributed by atoms with Crippen molar-refractivity contribution in [3.8, 4) is 11.5 Å². The maximum Gasteiger partial charge on any atom is 0.231 e. The zero-order valence-electron chi connectivity index (χ0n) is 15.0. The van der Waals surface area contributed by atoms with E-state index < -0.39 is 0 Å². The average molecular weight is 351 g/mol. The Hall–Kier alpha value is -2.49. The molecule has 4 rings (SSSR count). The molecular weight excluding hydrogens is 326 g/mol. The zero-order valence-corrected chi connectivity index (χ0v) is 15.0. The van der Waals surface area contributed by atoms with Crippen LogP contribution in [0.4, 0.5) is 0 Å². The monoisotopic (exact) mass is 351 g/mol. The third-order valence-corrected chi connectivity index (χ3v) is 5.39. The second kappa shape index (κ2) is 7.81. The van der Waals surface area contributed by atoms with Crippen molar-refractivity contribution in [2.45, 2.75) is 44.6 Å². The minimum Gasteiger partial charge on any atom is -0.454 e. The molecule has 0 saturated carbocycles. The van der Waals surface area contributed by atoms with E-state index in [2.05, 4.69) is 29.2 Å². The summed E-state index contributed by atoms with van der Waals surface area (Å²) in [6, 6.07) is 16.8. The molecule has 0 aliphatic carbocycles. The number of carbonyl (C=O) groups is 1. The summed E-state index contributed by atoms with van der Waals surface area (Å²) in [5.74, 6) is 1.86. The molecule has 0 spiro atoms. The molecule has 1 atom stereocenters. The number of nitrogens with zero attached hydrogens (tertiary/aromatic N) is 1. The standard InChI is InChI=1S/C22H25NO3/c24-21(14-12-18-8-4-10-20-22(18)26-16-25-20)23-15-5-9-19(23)13-11-17-6-2-1-3-7-17/h1-4,6-8,10,19H,5,9,11-16H2. The lowest BCUT2D eigenvalue weighted by molar-refractivity contribution is -0.132. The molecule has 2 aliphatic rings. The molecule has 0 radical (unpaired) electrons. The number of carbonyl (C=O) groups excluding carboxylic acids is 1. The molecule has 2 aliphatic heterocycles. The van der Waals surface area contributed by atoms with Crippen molar-refractivity contribution < 1.29 is 14.3 Å². The van der Waals surface area contributed by atoms with Gasteiger partial charge in [0, 0.05) is 19.0 Å². The van der Waals surface area contributed by atoms with E-state index in [1.54, 1.807) is 0 Å². The molecule has 4 heteroatoms. The van der Waals surface area contributed by atoms with Crippen molar-refractivity contribution >= 4 is 5.91 Å². The number of hydrogen-bond donors (Lipinski definition) is 0. The summed E-state index contributed by atoms with van der Waals surface area (Å²) in [6.07, 6.45) is 5.55. The van der Waals surface area contributed by atoms with Gasteiger partial charge in [-0.2, -0.15) is 0 Å². The van der Waals surface area contributed by atoms with Crippen LogP contribution in [0, 0.1) is 0 Å². The molecule has 1 amide bonds. The van der Waals surface area contributed by atoms with Gasteiger partial charge < -0.3 is 14.4 Å². The normalized spacial score (nSPS) is 18.3. The SMILES string of the molecule is O=C(CCc1cccc2c1OCO2)N1CCCC1CCc1ccccc1. The smallest absolute Gasteiger partial charge is 0.231 e. The van der Waals surface area contributed by atoms with Gasteiger partial charge in [-0.1, -0.05) is 42.5 Å². The van der Waals surface area contributed by atoms with Crippen LogP contribution in [0.25, 0.3) is 0 Å². The van der Waals surface area contributed by atoms with Gasteiger partial charge in [0.05, 0.1) is 0 Å². The summed E-state index contributed by atoms with van der Waals surface area (Å²) in [5, 5.41) is 0. The lowest BCUT2D eigenvalue weighted by atomic mass is 10.0. The van der Waals surface area contributed by atoms with Gasteiger partial charge in [-0.05, 0) is 49.3 Å². The molecule has 2 aromatic rings. The Labute approximate surface area is 154 Å². The van der Waals surface area contributed by atoms with Gasteiger partial charge in [0.25, 0.3) is 0 Å². The van der Waals surface area contributed by atoms with E-state index in [0.717, 1.165) is 49.3 Å². The molecule has 0 aromatic heterocycles. The van der Waals surface area contributed by atoms with Crippen molar-refractivity contribution in [2.75, 3.05) is 13.3 Å². The quantitative estimate of drug-likeness (QED) is 0.790. The highest BCUT2D eigenvalue weighted by atomic mass is 16.7. The Balaban J connectivity index is 1.33. The minimum atomic E-state index is 0.261. The van der Waals surface area contributed by atoms with Gasteiger partial charge in [-0.3, -0.25) is 4.79 Å². The van der Waals surface area contributed by atoms with Crippen LogP contribution in [0.3, 0.4) is 0 Å². The molecule has 1 saturated heterocycles. The first-order valence-electron chi connectivity index (χ1n) is 9.52. The first-order valence-corrected chi connectivity index (χ1v) is 9.52. The topological polar surface area (TPSA) is 38.8 Å². The Morgan fingerprint density at radius 1 is 1.04 bits per heavy atom. The molecule has 0 bridgehead atoms. The number of para-hydroxylation sites is 1. The summed E-state index contributed by atoms with van der Waals surface area (Å²) < 4.78 is 11.0. The fraction of sp³-hybridized carbons (Fsp3) is 0.409. The third-order valence-electron chi connectivity index (χ3n) is 5.39. The van der Waals surface area contributed by atoms with E-state index in [4.69, 9.17) is 9.47 Å². The predicted molar refractivity (Wildman–Crippen MR) is 100 cm³/mol. The van der Waals surface area contributed by atoms with Gasteiger partial charge in [0.2, 0.25) is 12.7 Å². The van der Waals surface area contributed by atoms with E-state index >= 15 is 0 Å². The molecule has 136 valence electrons. The Morgan fingerprint density at radius 3 is 2.81 bits per heavy atom. The second-order valence-corrected chi connectivity index (χ2v) is 7.06. The Morgan fingerprint density at radius 2 is 1.92 bits per heavy atom. The summed E-state index contributed by atoms with van der Waals surface area (Å²) in [7, 11) is 0. The van der Waals surface area contributed by atoms with Crippen LogP contribution in [-0.4, -0.2) is 30.2 Å². The Bertz CT molecular complexity index is 759. The van der Waals surface area contributed by atoms with Gasteiger partial charge in [-0.25, -0.2) is 0 Å². The number of likely N-dealkylation sites (tertiary alicyclic amines) is 1. The number of rotatable bonds is 6. The van der Waals surface area contributed by atoms with Crippen LogP contribution >= 0.6 is 0 Å². The maximum absolute atomic E-state index is 12.8. The van der Waals surface area contributed by atoms with Crippen molar-refractivity contribution in [3.05, 3.63) is 59.7 Å². The third kappa shape index (κ3) is 3.69. The molecule has 1 fully saturated rings. The fourth-order valence-electron chi connectivity index (χ4n) is 4.01. The van der Waals surface area contributed by atoms with Gasteiger partial charge >= 0.3 is 0 Å². The van der Waals surface area contributed by atoms with Crippen LogP contribution < -0.4 is 9.47 Å². The molecule has 0 N–H and O–H groups in total. The lowest BCUT2D eigenvalue weighted by Crippen LogP contribution is -2.35. The number of amides is 1. The fourth-order valence-corrected chi connectivity index (χ4v) is 4.01.